The molecule has 0 aliphatic heterocycles. The smallest absolute Gasteiger partial charge is 0.216 e. The molecule has 1 aliphatic carbocycles. The van der Waals surface area contributed by atoms with Crippen LogP contribution in [0.4, 0.5) is 0 Å². The average Bonchev–Trinajstić information content (AvgIpc) is 3.46. The quantitative estimate of drug-likeness (QED) is 0.118. The third-order valence-electron chi connectivity index (χ3n) is 9.74. The van der Waals surface area contributed by atoms with E-state index in [-0.39, 0.29) is 25.5 Å². The summed E-state index contributed by atoms with van der Waals surface area (Å²) in [6, 6.07) is 29.6. The molecule has 0 bridgehead atoms. The third kappa shape index (κ3) is 9.71. The Morgan fingerprint density at radius 1 is 0.863 bits per heavy atom. The van der Waals surface area contributed by atoms with Crippen LogP contribution in [0.25, 0.3) is 44.6 Å². The van der Waals surface area contributed by atoms with E-state index in [9.17, 15) is 0 Å². The molecule has 1 saturated carbocycles. The van der Waals surface area contributed by atoms with Crippen molar-refractivity contribution < 1.29 is 24.5 Å². The van der Waals surface area contributed by atoms with Crippen molar-refractivity contribution in [2.75, 3.05) is 0 Å². The molecule has 4 aromatic heterocycles. The predicted molar refractivity (Wildman–Crippen MR) is 213 cm³/mol. The molecule has 0 atom stereocenters. The number of aromatic nitrogens is 3. The molecule has 0 saturated heterocycles. The number of hydrogen-bond donors (Lipinski definition) is 0. The largest absolute Gasteiger partial charge is 0.486 e. The van der Waals surface area contributed by atoms with Crippen molar-refractivity contribution >= 4 is 35.3 Å². The summed E-state index contributed by atoms with van der Waals surface area (Å²) in [5.74, 6) is 1.18. The summed E-state index contributed by atoms with van der Waals surface area (Å²) < 4.78 is 6.24. The minimum absolute atomic E-state index is 0. The Labute approximate surface area is 320 Å². The van der Waals surface area contributed by atoms with Gasteiger partial charge in [0, 0.05) is 43.6 Å². The minimum atomic E-state index is -1.37. The first-order chi connectivity index (χ1) is 23.9. The molecule has 0 spiro atoms. The van der Waals surface area contributed by atoms with Gasteiger partial charge < -0.3 is 14.4 Å². The van der Waals surface area contributed by atoms with Crippen molar-refractivity contribution in [3.05, 3.63) is 108 Å². The molecule has 51 heavy (non-hydrogen) atoms. The van der Waals surface area contributed by atoms with Crippen LogP contribution in [0.5, 0.6) is 0 Å². The Morgan fingerprint density at radius 3 is 2.33 bits per heavy atom. The Morgan fingerprint density at radius 2 is 1.65 bits per heavy atom. The van der Waals surface area contributed by atoms with Crippen molar-refractivity contribution in [1.82, 2.24) is 15.0 Å². The van der Waals surface area contributed by atoms with Crippen LogP contribution in [0, 0.1) is 23.5 Å². The SMILES string of the molecule is CC(C)(C)Cc1cc(-c2[c-]cccc2)ncc1[Si](C)(C)C.CC(C)c1ccc2c(n1)oc1c(-c3cc(CC4CCCCC4)ccn3)[c-]ccc12.[Ir]. The zero-order valence-corrected chi connectivity index (χ0v) is 35.1. The van der Waals surface area contributed by atoms with Crippen LogP contribution in [-0.4, -0.2) is 23.0 Å². The fourth-order valence-electron chi connectivity index (χ4n) is 7.20. The molecule has 269 valence electrons. The van der Waals surface area contributed by atoms with Gasteiger partial charge in [0.1, 0.15) is 0 Å². The standard InChI is InChI=1S/C26H27N2O.C19H26NSi.Ir/c1-17(2)23-12-11-21-20-9-6-10-22(25(20)29-26(21)28-23)24-16-19(13-14-27-24)15-18-7-4-3-5-8-18;1-19(2,3)13-16-12-17(15-10-8-7-9-11-15)20-14-18(16)21(4,5)6;/h6,9,11-14,16-18H,3-5,7-8,15H2,1-2H3;7-10,12,14H,13H2,1-6H3;/q2*-1;. The van der Waals surface area contributed by atoms with Crippen LogP contribution in [0.2, 0.25) is 19.6 Å². The van der Waals surface area contributed by atoms with Gasteiger partial charge in [-0.1, -0.05) is 121 Å². The van der Waals surface area contributed by atoms with Gasteiger partial charge in [-0.25, -0.2) is 4.98 Å². The Balaban J connectivity index is 0.000000205. The number of fused-ring (bicyclic) bond motifs is 3. The second-order valence-electron chi connectivity index (χ2n) is 16.7. The van der Waals surface area contributed by atoms with Gasteiger partial charge in [-0.2, -0.15) is 0 Å². The zero-order chi connectivity index (χ0) is 35.5. The monoisotopic (exact) mass is 872 g/mol. The van der Waals surface area contributed by atoms with Gasteiger partial charge in [-0.15, -0.1) is 54.1 Å². The molecule has 6 heteroatoms. The molecule has 0 N–H and O–H groups in total. The van der Waals surface area contributed by atoms with E-state index in [2.05, 4.69) is 120 Å². The Bertz CT molecular complexity index is 2050. The van der Waals surface area contributed by atoms with E-state index in [1.165, 1.54) is 48.4 Å². The topological polar surface area (TPSA) is 51.8 Å². The first kappa shape index (κ1) is 38.8. The molecule has 0 unspecified atom stereocenters. The van der Waals surface area contributed by atoms with Gasteiger partial charge >= 0.3 is 0 Å². The number of nitrogens with zero attached hydrogens (tertiary/aromatic N) is 3. The van der Waals surface area contributed by atoms with Crippen molar-refractivity contribution in [2.24, 2.45) is 11.3 Å². The fourth-order valence-corrected chi connectivity index (χ4v) is 8.78. The number of hydrogen-bond acceptors (Lipinski definition) is 4. The van der Waals surface area contributed by atoms with E-state index in [4.69, 9.17) is 14.4 Å². The van der Waals surface area contributed by atoms with Gasteiger partial charge in [0.2, 0.25) is 5.71 Å². The second kappa shape index (κ2) is 16.5. The van der Waals surface area contributed by atoms with E-state index in [1.807, 2.05) is 30.5 Å². The van der Waals surface area contributed by atoms with Crippen LogP contribution in [-0.2, 0) is 32.9 Å². The maximum Gasteiger partial charge on any atom is 0.216 e. The molecular formula is C45H53IrN3OSi-2. The molecule has 4 heterocycles. The number of rotatable bonds is 7. The van der Waals surface area contributed by atoms with Crippen molar-refractivity contribution in [1.29, 1.82) is 0 Å². The first-order valence-electron chi connectivity index (χ1n) is 18.5. The molecule has 1 radical (unpaired) electrons. The molecule has 2 aromatic carbocycles. The summed E-state index contributed by atoms with van der Waals surface area (Å²) in [6.45, 7) is 18.4. The number of furan rings is 1. The van der Waals surface area contributed by atoms with Crippen LogP contribution in [0.1, 0.15) is 89.5 Å². The summed E-state index contributed by atoms with van der Waals surface area (Å²) >= 11 is 0. The molecule has 0 amide bonds. The fraction of sp³-hybridized carbons (Fsp3) is 0.400. The summed E-state index contributed by atoms with van der Waals surface area (Å²) in [6.07, 6.45) is 13.1. The van der Waals surface area contributed by atoms with Crippen LogP contribution in [0.3, 0.4) is 0 Å². The summed E-state index contributed by atoms with van der Waals surface area (Å²) in [5, 5.41) is 3.62. The molecule has 7 rings (SSSR count). The van der Waals surface area contributed by atoms with Crippen molar-refractivity contribution in [2.45, 2.75) is 105 Å². The van der Waals surface area contributed by atoms with E-state index in [0.717, 1.165) is 63.3 Å². The van der Waals surface area contributed by atoms with E-state index in [1.54, 1.807) is 0 Å². The Kier molecular flexibility index (Phi) is 12.5. The summed E-state index contributed by atoms with van der Waals surface area (Å²) in [7, 11) is -1.37. The third-order valence-corrected chi connectivity index (χ3v) is 11.8. The minimum Gasteiger partial charge on any atom is -0.486 e. The maximum absolute atomic E-state index is 6.24. The maximum atomic E-state index is 6.24. The van der Waals surface area contributed by atoms with Gasteiger partial charge in [-0.3, -0.25) is 0 Å². The van der Waals surface area contributed by atoms with E-state index < -0.39 is 8.07 Å². The second-order valence-corrected chi connectivity index (χ2v) is 21.7. The van der Waals surface area contributed by atoms with Crippen LogP contribution >= 0.6 is 0 Å². The normalized spacial score (nSPS) is 14.0. The molecule has 6 aromatic rings. The molecule has 4 nitrogen and oxygen atoms in total. The molecular weight excluding hydrogens is 819 g/mol. The molecule has 1 aliphatic rings. The van der Waals surface area contributed by atoms with Crippen LogP contribution < -0.4 is 5.19 Å². The Hall–Kier alpha value is -3.44. The first-order valence-corrected chi connectivity index (χ1v) is 22.0. The van der Waals surface area contributed by atoms with Crippen LogP contribution in [0.15, 0.2) is 83.5 Å². The van der Waals surface area contributed by atoms with E-state index in [0.29, 0.717) is 11.6 Å². The predicted octanol–water partition coefficient (Wildman–Crippen LogP) is 11.8. The summed E-state index contributed by atoms with van der Waals surface area (Å²) in [4.78, 5) is 14.1. The van der Waals surface area contributed by atoms with Crippen molar-refractivity contribution in [3.63, 3.8) is 0 Å². The van der Waals surface area contributed by atoms with Gasteiger partial charge in [0.15, 0.2) is 0 Å². The zero-order valence-electron chi connectivity index (χ0n) is 31.7. The van der Waals surface area contributed by atoms with Crippen molar-refractivity contribution in [3.8, 4) is 22.5 Å². The molecule has 1 fully saturated rings. The van der Waals surface area contributed by atoms with Gasteiger partial charge in [0.05, 0.1) is 13.7 Å². The van der Waals surface area contributed by atoms with Gasteiger partial charge in [-0.05, 0) is 64.9 Å². The van der Waals surface area contributed by atoms with Gasteiger partial charge in [0.25, 0.3) is 0 Å². The summed E-state index contributed by atoms with van der Waals surface area (Å²) in [5.41, 5.74) is 9.68. The van der Waals surface area contributed by atoms with E-state index >= 15 is 0 Å². The number of benzene rings is 2. The number of pyridine rings is 3. The average molecular weight is 872 g/mol.